The third kappa shape index (κ3) is 3.53. The van der Waals surface area contributed by atoms with Crippen molar-refractivity contribution in [1.29, 1.82) is 0 Å². The van der Waals surface area contributed by atoms with Gasteiger partial charge in [-0.15, -0.1) is 0 Å². The molecule has 0 saturated carbocycles. The molecular weight excluding hydrogens is 361 g/mol. The van der Waals surface area contributed by atoms with Gasteiger partial charge in [-0.2, -0.15) is 0 Å². The number of carbonyl (C=O) groups excluding carboxylic acids is 1. The molecule has 6 nitrogen and oxygen atoms in total. The van der Waals surface area contributed by atoms with Gasteiger partial charge in [-0.1, -0.05) is 0 Å². The smallest absolute Gasteiger partial charge is 0.256 e. The molecule has 0 aliphatic carbocycles. The number of piperidine rings is 1. The van der Waals surface area contributed by atoms with Gasteiger partial charge in [0.25, 0.3) is 12.3 Å². The van der Waals surface area contributed by atoms with E-state index in [1.165, 1.54) is 11.1 Å². The average Bonchev–Trinajstić information content (AvgIpc) is 2.97. The lowest BCUT2D eigenvalue weighted by Gasteiger charge is -2.46. The van der Waals surface area contributed by atoms with Crippen LogP contribution in [-0.2, 0) is 11.3 Å². The second-order valence-electron chi connectivity index (χ2n) is 7.01. The first kappa shape index (κ1) is 14.9. The molecule has 146 valence electrons. The van der Waals surface area contributed by atoms with E-state index < -0.39 is 31.7 Å². The number of hydrogen-bond acceptors (Lipinski definition) is 4. The van der Waals surface area contributed by atoms with Crippen LogP contribution in [0.1, 0.15) is 27.3 Å². The molecule has 2 bridgehead atoms. The lowest BCUT2D eigenvalue weighted by atomic mass is 9.90. The molecule has 2 aromatic rings. The van der Waals surface area contributed by atoms with Crippen molar-refractivity contribution in [2.45, 2.75) is 43.9 Å². The molecule has 1 amide bonds. The molecule has 3 atom stereocenters. The summed E-state index contributed by atoms with van der Waals surface area (Å²) in [5.41, 5.74) is 0.154. The van der Waals surface area contributed by atoms with Gasteiger partial charge in [0, 0.05) is 33.8 Å². The minimum Gasteiger partial charge on any atom is -0.378 e. The van der Waals surface area contributed by atoms with Gasteiger partial charge in [0.05, 0.1) is 31.5 Å². The number of fused-ring (bicyclic) bond motifs is 3. The lowest BCUT2D eigenvalue weighted by molar-refractivity contribution is -0.0670. The van der Waals surface area contributed by atoms with Crippen molar-refractivity contribution in [1.82, 2.24) is 19.8 Å². The van der Waals surface area contributed by atoms with Crippen molar-refractivity contribution in [2.24, 2.45) is 0 Å². The highest BCUT2D eigenvalue weighted by molar-refractivity contribution is 6.06. The summed E-state index contributed by atoms with van der Waals surface area (Å²) in [5.74, 6) is -1.21. The Morgan fingerprint density at radius 3 is 2.85 bits per heavy atom. The number of amides is 1. The van der Waals surface area contributed by atoms with Gasteiger partial charge < -0.3 is 14.6 Å². The van der Waals surface area contributed by atoms with E-state index in [9.17, 15) is 18.0 Å². The summed E-state index contributed by atoms with van der Waals surface area (Å²) in [6.45, 7) is -2.41. The van der Waals surface area contributed by atoms with Crippen molar-refractivity contribution in [2.75, 3.05) is 20.2 Å². The van der Waals surface area contributed by atoms with E-state index in [1.807, 2.05) is 0 Å². The molecular formula is C18H21F3N4O2. The van der Waals surface area contributed by atoms with E-state index in [1.54, 1.807) is 0 Å². The Labute approximate surface area is 158 Å². The molecule has 27 heavy (non-hydrogen) atoms. The zero-order valence-electron chi connectivity index (χ0n) is 17.4. The third-order valence-corrected chi connectivity index (χ3v) is 5.12. The van der Waals surface area contributed by atoms with Crippen LogP contribution < -0.4 is 5.32 Å². The Kier molecular flexibility index (Phi) is 3.92. The molecule has 2 aliphatic rings. The van der Waals surface area contributed by atoms with Crippen LogP contribution >= 0.6 is 0 Å². The number of halogens is 3. The van der Waals surface area contributed by atoms with Crippen molar-refractivity contribution in [3.05, 3.63) is 29.8 Å². The minimum atomic E-state index is -2.66. The second-order valence-corrected chi connectivity index (χ2v) is 7.01. The number of alkyl halides is 2. The van der Waals surface area contributed by atoms with Crippen LogP contribution in [0.15, 0.2) is 18.5 Å². The predicted octanol–water partition coefficient (Wildman–Crippen LogP) is 2.03. The Morgan fingerprint density at radius 2 is 2.19 bits per heavy atom. The van der Waals surface area contributed by atoms with E-state index in [0.29, 0.717) is 12.8 Å². The fraction of sp³-hybridized carbons (Fsp3) is 0.556. The maximum absolute atomic E-state index is 13.7. The van der Waals surface area contributed by atoms with Crippen LogP contribution in [0.5, 0.6) is 0 Å². The van der Waals surface area contributed by atoms with Crippen LogP contribution in [0.3, 0.4) is 0 Å². The zero-order valence-corrected chi connectivity index (χ0v) is 14.4. The fourth-order valence-electron chi connectivity index (χ4n) is 3.91. The normalized spacial score (nSPS) is 28.0. The fourth-order valence-corrected chi connectivity index (χ4v) is 3.91. The lowest BCUT2D eigenvalue weighted by Crippen LogP contribution is -2.59. The van der Waals surface area contributed by atoms with Gasteiger partial charge in [-0.25, -0.2) is 18.2 Å². The summed E-state index contributed by atoms with van der Waals surface area (Å²) >= 11 is 0. The summed E-state index contributed by atoms with van der Waals surface area (Å²) in [4.78, 5) is 18.2. The molecule has 2 saturated heterocycles. The van der Waals surface area contributed by atoms with Gasteiger partial charge in [-0.3, -0.25) is 9.69 Å². The highest BCUT2D eigenvalue weighted by Crippen LogP contribution is 2.27. The van der Waals surface area contributed by atoms with Crippen molar-refractivity contribution < 1.29 is 26.8 Å². The molecule has 1 N–H and O–H groups in total. The SMILES string of the molecule is [2H]C([2H])([2H])N1[C@@H]2COC[C@H]1CC(NC(=O)c1cn(CC(F)F)c3ncc(F)cc13)C2. The Hall–Kier alpha value is -2.13. The number of ether oxygens (including phenoxy) is 1. The summed E-state index contributed by atoms with van der Waals surface area (Å²) < 4.78 is 69.3. The Morgan fingerprint density at radius 1 is 1.44 bits per heavy atom. The summed E-state index contributed by atoms with van der Waals surface area (Å²) in [6, 6.07) is 0.0492. The largest absolute Gasteiger partial charge is 0.378 e. The number of aromatic nitrogens is 2. The van der Waals surface area contributed by atoms with Crippen LogP contribution in [-0.4, -0.2) is 65.1 Å². The predicted molar refractivity (Wildman–Crippen MR) is 92.3 cm³/mol. The maximum Gasteiger partial charge on any atom is 0.256 e. The maximum atomic E-state index is 13.7. The molecule has 4 rings (SSSR count). The number of carbonyl (C=O) groups is 1. The Bertz CT molecular complexity index is 939. The summed E-state index contributed by atoms with van der Waals surface area (Å²) in [5, 5.41) is 3.01. The van der Waals surface area contributed by atoms with E-state index in [0.717, 1.165) is 16.8 Å². The first-order valence-electron chi connectivity index (χ1n) is 10.2. The molecule has 2 aliphatic heterocycles. The van der Waals surface area contributed by atoms with E-state index in [4.69, 9.17) is 8.85 Å². The molecule has 9 heteroatoms. The van der Waals surface area contributed by atoms with Crippen LogP contribution in [0.4, 0.5) is 13.2 Å². The number of hydrogen-bond donors (Lipinski definition) is 1. The topological polar surface area (TPSA) is 59.4 Å². The van der Waals surface area contributed by atoms with Crippen molar-refractivity contribution in [3.8, 4) is 0 Å². The van der Waals surface area contributed by atoms with Crippen LogP contribution in [0, 0.1) is 5.82 Å². The Balaban J connectivity index is 1.56. The summed E-state index contributed by atoms with van der Waals surface area (Å²) in [6.07, 6.45) is 0.260. The molecule has 0 radical (unpaired) electrons. The second kappa shape index (κ2) is 7.12. The van der Waals surface area contributed by atoms with E-state index in [2.05, 4.69) is 10.3 Å². The van der Waals surface area contributed by atoms with Gasteiger partial charge in [-0.05, 0) is 25.9 Å². The quantitative estimate of drug-likeness (QED) is 0.875. The molecule has 0 spiro atoms. The molecule has 2 fully saturated rings. The highest BCUT2D eigenvalue weighted by atomic mass is 19.3. The number of nitrogens with one attached hydrogen (secondary N) is 1. The minimum absolute atomic E-state index is 0.0531. The van der Waals surface area contributed by atoms with Crippen molar-refractivity contribution in [3.63, 3.8) is 0 Å². The van der Waals surface area contributed by atoms with Gasteiger partial charge in [0.2, 0.25) is 0 Å². The van der Waals surface area contributed by atoms with E-state index >= 15 is 0 Å². The first-order chi connectivity index (χ1) is 14.1. The van der Waals surface area contributed by atoms with Gasteiger partial charge >= 0.3 is 0 Å². The monoisotopic (exact) mass is 385 g/mol. The van der Waals surface area contributed by atoms with Gasteiger partial charge in [0.1, 0.15) is 11.5 Å². The zero-order chi connectivity index (χ0) is 21.6. The first-order valence-corrected chi connectivity index (χ1v) is 8.73. The standard InChI is InChI=1S/C18H21F3N4O2/c1-24-12-3-11(4-13(24)9-27-8-12)23-18(26)15-6-25(7-16(20)21)17-14(15)2-10(19)5-22-17/h2,5-6,11-13,16H,3-4,7-9H2,1H3,(H,23,26)/t11?,12-,13+/i1D3. The number of nitrogens with zero attached hydrogens (tertiary/aromatic N) is 3. The van der Waals surface area contributed by atoms with Crippen LogP contribution in [0.2, 0.25) is 0 Å². The van der Waals surface area contributed by atoms with Gasteiger partial charge in [0.15, 0.2) is 0 Å². The molecule has 4 heterocycles. The number of pyridine rings is 1. The van der Waals surface area contributed by atoms with Crippen molar-refractivity contribution >= 4 is 16.9 Å². The van der Waals surface area contributed by atoms with Crippen LogP contribution in [0.25, 0.3) is 11.0 Å². The molecule has 1 unspecified atom stereocenters. The molecule has 2 aromatic heterocycles. The summed E-state index contributed by atoms with van der Waals surface area (Å²) in [7, 11) is 0. The highest BCUT2D eigenvalue weighted by Gasteiger charge is 2.37. The third-order valence-electron chi connectivity index (χ3n) is 5.12. The van der Waals surface area contributed by atoms with E-state index in [-0.39, 0.29) is 47.9 Å². The number of likely N-dealkylation sites (N-methyl/N-ethyl adjacent to an activating group) is 1. The molecule has 0 aromatic carbocycles. The average molecular weight is 385 g/mol. The number of morpholine rings is 1. The number of rotatable bonds is 4.